The van der Waals surface area contributed by atoms with E-state index in [4.69, 9.17) is 4.74 Å². The van der Waals surface area contributed by atoms with Crippen LogP contribution in [0.1, 0.15) is 19.4 Å². The summed E-state index contributed by atoms with van der Waals surface area (Å²) >= 11 is 0. The van der Waals surface area contributed by atoms with Gasteiger partial charge in [-0.25, -0.2) is 4.99 Å². The average Bonchev–Trinajstić information content (AvgIpc) is 2.17. The van der Waals surface area contributed by atoms with E-state index in [1.54, 1.807) is 13.8 Å². The molecule has 1 heterocycles. The van der Waals surface area contributed by atoms with Gasteiger partial charge < -0.3 is 4.74 Å². The molecule has 0 saturated heterocycles. The molecule has 0 radical (unpaired) electrons. The lowest BCUT2D eigenvalue weighted by atomic mass is 9.94. The molecule has 0 fully saturated rings. The van der Waals surface area contributed by atoms with E-state index in [-0.39, 0.29) is 0 Å². The standard InChI is InChI=1S/C11H11NO2/c1-8-12-10-6-4-3-5-9(10)11(2,7-13)14-8/h3-7H,1-2H3. The maximum absolute atomic E-state index is 11.0. The summed E-state index contributed by atoms with van der Waals surface area (Å²) in [5.41, 5.74) is 0.744. The normalized spacial score (nSPS) is 24.6. The molecule has 2 rings (SSSR count). The topological polar surface area (TPSA) is 38.7 Å². The molecule has 1 aliphatic heterocycles. The second-order valence-electron chi connectivity index (χ2n) is 3.47. The largest absolute Gasteiger partial charge is 0.462 e. The minimum absolute atomic E-state index is 0.526. The van der Waals surface area contributed by atoms with Crippen LogP contribution in [0, 0.1) is 0 Å². The minimum Gasteiger partial charge on any atom is -0.462 e. The van der Waals surface area contributed by atoms with Crippen LogP contribution in [0.2, 0.25) is 0 Å². The van der Waals surface area contributed by atoms with E-state index in [2.05, 4.69) is 4.99 Å². The first kappa shape index (κ1) is 8.94. The van der Waals surface area contributed by atoms with E-state index in [1.165, 1.54) is 0 Å². The molecule has 72 valence electrons. The van der Waals surface area contributed by atoms with Gasteiger partial charge >= 0.3 is 0 Å². The van der Waals surface area contributed by atoms with Gasteiger partial charge in [0.05, 0.1) is 5.69 Å². The van der Waals surface area contributed by atoms with Crippen LogP contribution in [0.3, 0.4) is 0 Å². The van der Waals surface area contributed by atoms with Crippen LogP contribution >= 0.6 is 0 Å². The molecular formula is C11H11NO2. The highest BCUT2D eigenvalue weighted by Gasteiger charge is 2.34. The van der Waals surface area contributed by atoms with Crippen molar-refractivity contribution in [1.29, 1.82) is 0 Å². The van der Waals surface area contributed by atoms with E-state index in [0.717, 1.165) is 17.5 Å². The highest BCUT2D eigenvalue weighted by atomic mass is 16.5. The van der Waals surface area contributed by atoms with E-state index in [0.29, 0.717) is 5.90 Å². The van der Waals surface area contributed by atoms with Gasteiger partial charge in [0.2, 0.25) is 0 Å². The number of aldehydes is 1. The Labute approximate surface area is 82.4 Å². The molecule has 0 N–H and O–H groups in total. The Morgan fingerprint density at radius 2 is 2.14 bits per heavy atom. The molecule has 0 amide bonds. The van der Waals surface area contributed by atoms with Crippen molar-refractivity contribution in [2.24, 2.45) is 4.99 Å². The molecule has 0 aliphatic carbocycles. The van der Waals surface area contributed by atoms with Crippen molar-refractivity contribution >= 4 is 17.9 Å². The fourth-order valence-electron chi connectivity index (χ4n) is 1.63. The number of fused-ring (bicyclic) bond motifs is 1. The van der Waals surface area contributed by atoms with Crippen molar-refractivity contribution < 1.29 is 9.53 Å². The Morgan fingerprint density at radius 1 is 1.43 bits per heavy atom. The number of hydrogen-bond acceptors (Lipinski definition) is 3. The molecule has 14 heavy (non-hydrogen) atoms. The molecule has 1 aliphatic rings. The molecule has 1 aromatic carbocycles. The SMILES string of the molecule is CC1=Nc2ccccc2C(C)(C=O)O1. The summed E-state index contributed by atoms with van der Waals surface area (Å²) in [6, 6.07) is 7.51. The number of rotatable bonds is 1. The van der Waals surface area contributed by atoms with E-state index in [9.17, 15) is 4.79 Å². The van der Waals surface area contributed by atoms with Crippen LogP contribution in [0.25, 0.3) is 0 Å². The third-order valence-corrected chi connectivity index (χ3v) is 2.30. The van der Waals surface area contributed by atoms with Gasteiger partial charge in [-0.2, -0.15) is 0 Å². The molecule has 3 heteroatoms. The molecule has 1 aromatic rings. The van der Waals surface area contributed by atoms with Crippen LogP contribution < -0.4 is 0 Å². The van der Waals surface area contributed by atoms with Crippen molar-refractivity contribution in [3.8, 4) is 0 Å². The molecule has 1 unspecified atom stereocenters. The van der Waals surface area contributed by atoms with Gasteiger partial charge in [-0.15, -0.1) is 0 Å². The molecule has 0 spiro atoms. The number of aliphatic imine (C=N–C) groups is 1. The predicted octanol–water partition coefficient (Wildman–Crippen LogP) is 2.18. The average molecular weight is 189 g/mol. The molecule has 1 atom stereocenters. The highest BCUT2D eigenvalue weighted by molar-refractivity contribution is 5.85. The second-order valence-corrected chi connectivity index (χ2v) is 3.47. The van der Waals surface area contributed by atoms with Crippen LogP contribution in [0.5, 0.6) is 0 Å². The van der Waals surface area contributed by atoms with Gasteiger partial charge in [-0.3, -0.25) is 4.79 Å². The summed E-state index contributed by atoms with van der Waals surface area (Å²) < 4.78 is 5.43. The monoisotopic (exact) mass is 189 g/mol. The smallest absolute Gasteiger partial charge is 0.189 e. The predicted molar refractivity (Wildman–Crippen MR) is 53.7 cm³/mol. The maximum atomic E-state index is 11.0. The zero-order chi connectivity index (χ0) is 10.2. The Morgan fingerprint density at radius 3 is 2.86 bits per heavy atom. The zero-order valence-corrected chi connectivity index (χ0v) is 8.15. The highest BCUT2D eigenvalue weighted by Crippen LogP contribution is 2.35. The molecule has 0 bridgehead atoms. The number of para-hydroxylation sites is 1. The van der Waals surface area contributed by atoms with Crippen LogP contribution in [0.15, 0.2) is 29.3 Å². The number of ether oxygens (including phenoxy) is 1. The Hall–Kier alpha value is -1.64. The Balaban J connectivity index is 2.64. The van der Waals surface area contributed by atoms with Crippen molar-refractivity contribution in [2.45, 2.75) is 19.4 Å². The van der Waals surface area contributed by atoms with Gasteiger partial charge in [-0.1, -0.05) is 18.2 Å². The molecular weight excluding hydrogens is 178 g/mol. The number of carbonyl (C=O) groups is 1. The van der Waals surface area contributed by atoms with Crippen LogP contribution in [-0.2, 0) is 15.1 Å². The van der Waals surface area contributed by atoms with Crippen LogP contribution in [-0.4, -0.2) is 12.2 Å². The number of carbonyl (C=O) groups excluding carboxylic acids is 1. The van der Waals surface area contributed by atoms with Gasteiger partial charge in [0, 0.05) is 12.5 Å². The van der Waals surface area contributed by atoms with Gasteiger partial charge in [0.15, 0.2) is 17.8 Å². The quantitative estimate of drug-likeness (QED) is 0.635. The summed E-state index contributed by atoms with van der Waals surface area (Å²) in [7, 11) is 0. The number of hydrogen-bond donors (Lipinski definition) is 0. The van der Waals surface area contributed by atoms with Crippen molar-refractivity contribution in [3.05, 3.63) is 29.8 Å². The first-order chi connectivity index (χ1) is 6.65. The van der Waals surface area contributed by atoms with E-state index >= 15 is 0 Å². The Kier molecular flexibility index (Phi) is 1.88. The van der Waals surface area contributed by atoms with Crippen molar-refractivity contribution in [2.75, 3.05) is 0 Å². The van der Waals surface area contributed by atoms with Crippen molar-refractivity contribution in [1.82, 2.24) is 0 Å². The number of nitrogens with zero attached hydrogens (tertiary/aromatic N) is 1. The first-order valence-electron chi connectivity index (χ1n) is 4.46. The fourth-order valence-corrected chi connectivity index (χ4v) is 1.63. The van der Waals surface area contributed by atoms with Crippen LogP contribution in [0.4, 0.5) is 5.69 Å². The maximum Gasteiger partial charge on any atom is 0.189 e. The lowest BCUT2D eigenvalue weighted by molar-refractivity contribution is -0.122. The third kappa shape index (κ3) is 1.21. The summed E-state index contributed by atoms with van der Waals surface area (Å²) in [6.45, 7) is 3.49. The van der Waals surface area contributed by atoms with Gasteiger partial charge in [0.25, 0.3) is 0 Å². The van der Waals surface area contributed by atoms with Gasteiger partial charge in [-0.05, 0) is 13.0 Å². The molecule has 3 nitrogen and oxygen atoms in total. The lowest BCUT2D eigenvalue weighted by Gasteiger charge is -2.29. The van der Waals surface area contributed by atoms with E-state index in [1.807, 2.05) is 24.3 Å². The minimum atomic E-state index is -0.886. The van der Waals surface area contributed by atoms with Gasteiger partial charge in [0.1, 0.15) is 0 Å². The number of benzene rings is 1. The van der Waals surface area contributed by atoms with Crippen molar-refractivity contribution in [3.63, 3.8) is 0 Å². The second kappa shape index (κ2) is 2.94. The Bertz CT molecular complexity index is 412. The summed E-state index contributed by atoms with van der Waals surface area (Å²) in [6.07, 6.45) is 0.810. The first-order valence-corrected chi connectivity index (χ1v) is 4.46. The molecule has 0 saturated carbocycles. The lowest BCUT2D eigenvalue weighted by Crippen LogP contribution is -2.32. The van der Waals surface area contributed by atoms with E-state index < -0.39 is 5.60 Å². The summed E-state index contributed by atoms with van der Waals surface area (Å²) in [5.74, 6) is 0.526. The zero-order valence-electron chi connectivity index (χ0n) is 8.15. The summed E-state index contributed by atoms with van der Waals surface area (Å²) in [5, 5.41) is 0. The summed E-state index contributed by atoms with van der Waals surface area (Å²) in [4.78, 5) is 15.2. The fraction of sp³-hybridized carbons (Fsp3) is 0.273. The molecule has 0 aromatic heterocycles. The third-order valence-electron chi connectivity index (χ3n) is 2.30.